The molecular weight excluding hydrogens is 378 g/mol. The van der Waals surface area contributed by atoms with Crippen molar-refractivity contribution in [3.63, 3.8) is 0 Å². The number of fused-ring (bicyclic) bond motifs is 1. The Morgan fingerprint density at radius 2 is 2.07 bits per heavy atom. The summed E-state index contributed by atoms with van der Waals surface area (Å²) in [7, 11) is 0. The number of anilines is 1. The molecule has 0 unspecified atom stereocenters. The predicted molar refractivity (Wildman–Crippen MR) is 108 cm³/mol. The zero-order chi connectivity index (χ0) is 19.7. The van der Waals surface area contributed by atoms with Crippen LogP contribution in [-0.4, -0.2) is 15.5 Å². The summed E-state index contributed by atoms with van der Waals surface area (Å²) in [5.74, 6) is 1.09. The maximum Gasteiger partial charge on any atom is 0.419 e. The highest BCUT2D eigenvalue weighted by molar-refractivity contribution is 7.14. The number of para-hydroxylation sites is 2. The van der Waals surface area contributed by atoms with Crippen molar-refractivity contribution < 1.29 is 13.6 Å². The number of aromatic nitrogens is 2. The molecule has 8 heteroatoms. The second-order valence-electron chi connectivity index (χ2n) is 6.50. The number of aryl methyl sites for hydroxylation is 3. The number of oxazole rings is 1. The molecule has 4 rings (SSSR count). The molecule has 28 heavy (non-hydrogen) atoms. The van der Waals surface area contributed by atoms with Crippen LogP contribution in [-0.2, 0) is 11.3 Å². The third-order valence-corrected chi connectivity index (χ3v) is 5.18. The van der Waals surface area contributed by atoms with Crippen LogP contribution in [0.1, 0.15) is 24.4 Å². The summed E-state index contributed by atoms with van der Waals surface area (Å²) < 4.78 is 12.3. The zero-order valence-electron chi connectivity index (χ0n) is 15.5. The van der Waals surface area contributed by atoms with E-state index in [4.69, 9.17) is 8.83 Å². The number of carbonyl (C=O) groups is 1. The number of benzene rings is 1. The van der Waals surface area contributed by atoms with E-state index in [1.54, 1.807) is 10.6 Å². The van der Waals surface area contributed by atoms with Crippen molar-refractivity contribution in [2.45, 2.75) is 33.2 Å². The third-order valence-electron chi connectivity index (χ3n) is 4.43. The van der Waals surface area contributed by atoms with Gasteiger partial charge in [0.1, 0.15) is 11.5 Å². The summed E-state index contributed by atoms with van der Waals surface area (Å²) in [6.45, 7) is 4.20. The first-order valence-electron chi connectivity index (χ1n) is 8.92. The summed E-state index contributed by atoms with van der Waals surface area (Å²) >= 11 is 1.37. The van der Waals surface area contributed by atoms with Gasteiger partial charge in [-0.2, -0.15) is 0 Å². The first-order valence-corrected chi connectivity index (χ1v) is 9.80. The Kier molecular flexibility index (Phi) is 4.87. The highest BCUT2D eigenvalue weighted by Gasteiger charge is 2.13. The SMILES string of the molecule is Cc1cc(-c2csc(NC(=O)CCCn3c(=O)oc4ccccc43)n2)c(C)o1. The normalized spacial score (nSPS) is 11.2. The summed E-state index contributed by atoms with van der Waals surface area (Å²) in [5.41, 5.74) is 3.01. The van der Waals surface area contributed by atoms with E-state index in [1.807, 2.05) is 43.5 Å². The first-order chi connectivity index (χ1) is 13.5. The maximum atomic E-state index is 12.2. The van der Waals surface area contributed by atoms with E-state index < -0.39 is 5.76 Å². The zero-order valence-corrected chi connectivity index (χ0v) is 16.3. The number of thiazole rings is 1. The van der Waals surface area contributed by atoms with Crippen molar-refractivity contribution in [2.24, 2.45) is 0 Å². The molecule has 0 fully saturated rings. The van der Waals surface area contributed by atoms with E-state index in [1.165, 1.54) is 11.3 Å². The average Bonchev–Trinajstić information content (AvgIpc) is 3.33. The minimum Gasteiger partial charge on any atom is -0.466 e. The van der Waals surface area contributed by atoms with E-state index in [9.17, 15) is 9.59 Å². The molecule has 0 atom stereocenters. The van der Waals surface area contributed by atoms with Gasteiger partial charge < -0.3 is 14.2 Å². The fourth-order valence-corrected chi connectivity index (χ4v) is 3.87. The second kappa shape index (κ2) is 7.47. The van der Waals surface area contributed by atoms with E-state index in [2.05, 4.69) is 10.3 Å². The molecular formula is C20H19N3O4S. The van der Waals surface area contributed by atoms with Gasteiger partial charge >= 0.3 is 5.76 Å². The van der Waals surface area contributed by atoms with Gasteiger partial charge in [-0.05, 0) is 38.5 Å². The largest absolute Gasteiger partial charge is 0.466 e. The highest BCUT2D eigenvalue weighted by Crippen LogP contribution is 2.29. The standard InChI is InChI=1S/C20H19N3O4S/c1-12-10-14(13(2)26-12)15-11-28-19(21-15)22-18(24)8-5-9-23-16-6-3-4-7-17(16)27-20(23)25/h3-4,6-7,10-11H,5,8-9H2,1-2H3,(H,21,22,24). The topological polar surface area (TPSA) is 90.3 Å². The van der Waals surface area contributed by atoms with Crippen LogP contribution >= 0.6 is 11.3 Å². The van der Waals surface area contributed by atoms with Crippen LogP contribution in [0.2, 0.25) is 0 Å². The third kappa shape index (κ3) is 3.63. The lowest BCUT2D eigenvalue weighted by molar-refractivity contribution is -0.116. The maximum absolute atomic E-state index is 12.2. The van der Waals surface area contributed by atoms with Gasteiger partial charge in [0.05, 0.1) is 11.2 Å². The van der Waals surface area contributed by atoms with Crippen molar-refractivity contribution in [2.75, 3.05) is 5.32 Å². The van der Waals surface area contributed by atoms with Gasteiger partial charge in [0.15, 0.2) is 10.7 Å². The smallest absolute Gasteiger partial charge is 0.419 e. The minimum absolute atomic E-state index is 0.137. The summed E-state index contributed by atoms with van der Waals surface area (Å²) in [5, 5.41) is 5.26. The van der Waals surface area contributed by atoms with Crippen molar-refractivity contribution in [1.29, 1.82) is 0 Å². The van der Waals surface area contributed by atoms with E-state index in [0.29, 0.717) is 23.7 Å². The lowest BCUT2D eigenvalue weighted by atomic mass is 10.2. The number of furan rings is 1. The summed E-state index contributed by atoms with van der Waals surface area (Å²) in [6.07, 6.45) is 0.804. The molecule has 0 radical (unpaired) electrons. The Morgan fingerprint density at radius 3 is 2.86 bits per heavy atom. The average molecular weight is 397 g/mol. The van der Waals surface area contributed by atoms with Crippen LogP contribution < -0.4 is 11.1 Å². The molecule has 1 N–H and O–H groups in total. The number of hydrogen-bond acceptors (Lipinski definition) is 6. The van der Waals surface area contributed by atoms with Gasteiger partial charge in [0.25, 0.3) is 0 Å². The van der Waals surface area contributed by atoms with E-state index in [-0.39, 0.29) is 12.3 Å². The van der Waals surface area contributed by atoms with E-state index >= 15 is 0 Å². The fraction of sp³-hybridized carbons (Fsp3) is 0.250. The quantitative estimate of drug-likeness (QED) is 0.522. The number of rotatable bonds is 6. The molecule has 3 aromatic heterocycles. The molecule has 4 aromatic rings. The second-order valence-corrected chi connectivity index (χ2v) is 7.36. The summed E-state index contributed by atoms with van der Waals surface area (Å²) in [4.78, 5) is 28.6. The molecule has 0 saturated carbocycles. The van der Waals surface area contributed by atoms with Crippen molar-refractivity contribution >= 4 is 33.5 Å². The number of carbonyl (C=O) groups excluding carboxylic acids is 1. The molecule has 0 spiro atoms. The van der Waals surface area contributed by atoms with Crippen LogP contribution in [0.15, 0.2) is 49.3 Å². The van der Waals surface area contributed by atoms with Gasteiger partial charge in [0.2, 0.25) is 5.91 Å². The molecule has 144 valence electrons. The Hall–Kier alpha value is -3.13. The minimum atomic E-state index is -0.406. The van der Waals surface area contributed by atoms with Crippen molar-refractivity contribution in [3.8, 4) is 11.3 Å². The lowest BCUT2D eigenvalue weighted by Gasteiger charge is -2.03. The molecule has 1 amide bonds. The van der Waals surface area contributed by atoms with Gasteiger partial charge in [-0.25, -0.2) is 9.78 Å². The molecule has 1 aromatic carbocycles. The van der Waals surface area contributed by atoms with Crippen LogP contribution in [0.5, 0.6) is 0 Å². The number of amides is 1. The molecule has 0 aliphatic carbocycles. The Morgan fingerprint density at radius 1 is 1.25 bits per heavy atom. The first kappa shape index (κ1) is 18.2. The number of nitrogens with one attached hydrogen (secondary N) is 1. The van der Waals surface area contributed by atoms with Crippen LogP contribution in [0.25, 0.3) is 22.4 Å². The Labute approximate surface area is 164 Å². The van der Waals surface area contributed by atoms with Gasteiger partial charge in [-0.15, -0.1) is 11.3 Å². The number of nitrogens with zero attached hydrogens (tertiary/aromatic N) is 2. The molecule has 0 saturated heterocycles. The molecule has 3 heterocycles. The van der Waals surface area contributed by atoms with Crippen LogP contribution in [0.3, 0.4) is 0 Å². The van der Waals surface area contributed by atoms with E-state index in [0.717, 1.165) is 28.3 Å². The Bertz CT molecular complexity index is 1200. The van der Waals surface area contributed by atoms with Crippen LogP contribution in [0, 0.1) is 13.8 Å². The highest BCUT2D eigenvalue weighted by atomic mass is 32.1. The lowest BCUT2D eigenvalue weighted by Crippen LogP contribution is -2.17. The van der Waals surface area contributed by atoms with Crippen LogP contribution in [0.4, 0.5) is 5.13 Å². The monoisotopic (exact) mass is 397 g/mol. The molecule has 0 aliphatic rings. The Balaban J connectivity index is 1.36. The molecule has 0 aliphatic heterocycles. The fourth-order valence-electron chi connectivity index (χ4n) is 3.15. The summed E-state index contributed by atoms with van der Waals surface area (Å²) in [6, 6.07) is 9.19. The van der Waals surface area contributed by atoms with Crippen molar-refractivity contribution in [1.82, 2.24) is 9.55 Å². The van der Waals surface area contributed by atoms with Gasteiger partial charge in [0, 0.05) is 23.9 Å². The molecule has 7 nitrogen and oxygen atoms in total. The van der Waals surface area contributed by atoms with Gasteiger partial charge in [-0.1, -0.05) is 12.1 Å². The van der Waals surface area contributed by atoms with Gasteiger partial charge in [-0.3, -0.25) is 9.36 Å². The number of hydrogen-bond donors (Lipinski definition) is 1. The van der Waals surface area contributed by atoms with Crippen molar-refractivity contribution in [3.05, 3.63) is 57.8 Å². The predicted octanol–water partition coefficient (Wildman–Crippen LogP) is 4.35. The molecule has 0 bridgehead atoms.